The van der Waals surface area contributed by atoms with E-state index in [1.807, 2.05) is 54.6 Å². The standard InChI is InChI=1S/C30H28ClNO4/c1-2-3-4-8-17-35-23-14-11-21(12-15-23)27-26-28(33)24-18-22(31)13-16-25(24)36-29(26)30(34)32(27)19-20-9-6-5-7-10-20/h5-7,9-16,18,27H,2-4,8,17,19H2,1H3. The van der Waals surface area contributed by atoms with Crippen molar-refractivity contribution in [3.63, 3.8) is 0 Å². The summed E-state index contributed by atoms with van der Waals surface area (Å²) in [5.41, 5.74) is 2.25. The second-order valence-electron chi connectivity index (χ2n) is 9.11. The van der Waals surface area contributed by atoms with Crippen LogP contribution < -0.4 is 10.2 Å². The van der Waals surface area contributed by atoms with Crippen LogP contribution in [0.1, 0.15) is 65.9 Å². The predicted molar refractivity (Wildman–Crippen MR) is 142 cm³/mol. The summed E-state index contributed by atoms with van der Waals surface area (Å²) < 4.78 is 11.9. The van der Waals surface area contributed by atoms with Gasteiger partial charge in [0.15, 0.2) is 5.43 Å². The van der Waals surface area contributed by atoms with Crippen LogP contribution >= 0.6 is 11.6 Å². The number of unbranched alkanes of at least 4 members (excludes halogenated alkanes) is 3. The van der Waals surface area contributed by atoms with E-state index in [1.54, 1.807) is 23.1 Å². The van der Waals surface area contributed by atoms with Crippen LogP contribution in [0.2, 0.25) is 5.02 Å². The number of carbonyl (C=O) groups is 1. The number of hydrogen-bond acceptors (Lipinski definition) is 4. The molecule has 0 spiro atoms. The predicted octanol–water partition coefficient (Wildman–Crippen LogP) is 7.15. The summed E-state index contributed by atoms with van der Waals surface area (Å²) in [4.78, 5) is 29.0. The van der Waals surface area contributed by atoms with Crippen molar-refractivity contribution < 1.29 is 13.9 Å². The molecule has 36 heavy (non-hydrogen) atoms. The molecule has 1 aliphatic heterocycles. The Morgan fingerprint density at radius 1 is 0.944 bits per heavy atom. The molecule has 0 fully saturated rings. The molecular weight excluding hydrogens is 474 g/mol. The van der Waals surface area contributed by atoms with Crippen LogP contribution in [-0.4, -0.2) is 17.4 Å². The van der Waals surface area contributed by atoms with E-state index < -0.39 is 6.04 Å². The van der Waals surface area contributed by atoms with Crippen molar-refractivity contribution in [1.29, 1.82) is 0 Å². The first-order chi connectivity index (χ1) is 17.6. The second-order valence-corrected chi connectivity index (χ2v) is 9.55. The summed E-state index contributed by atoms with van der Waals surface area (Å²) in [7, 11) is 0. The minimum atomic E-state index is -0.578. The lowest BCUT2D eigenvalue weighted by atomic mass is 9.98. The number of carbonyl (C=O) groups excluding carboxylic acids is 1. The Labute approximate surface area is 215 Å². The zero-order valence-electron chi connectivity index (χ0n) is 20.2. The van der Waals surface area contributed by atoms with E-state index in [0.717, 1.165) is 29.7 Å². The molecule has 0 radical (unpaired) electrons. The van der Waals surface area contributed by atoms with Crippen molar-refractivity contribution >= 4 is 28.5 Å². The lowest BCUT2D eigenvalue weighted by molar-refractivity contribution is 0.0714. The summed E-state index contributed by atoms with van der Waals surface area (Å²) in [5.74, 6) is 0.558. The Morgan fingerprint density at radius 3 is 2.47 bits per heavy atom. The summed E-state index contributed by atoms with van der Waals surface area (Å²) in [5, 5.41) is 0.810. The molecule has 0 aliphatic carbocycles. The van der Waals surface area contributed by atoms with Gasteiger partial charge in [-0.25, -0.2) is 0 Å². The zero-order valence-corrected chi connectivity index (χ0v) is 21.0. The molecule has 1 aliphatic rings. The van der Waals surface area contributed by atoms with Crippen LogP contribution in [0.5, 0.6) is 5.75 Å². The number of amides is 1. The monoisotopic (exact) mass is 501 g/mol. The number of ether oxygens (including phenoxy) is 1. The normalized spacial score (nSPS) is 14.9. The highest BCUT2D eigenvalue weighted by Crippen LogP contribution is 2.39. The van der Waals surface area contributed by atoms with Crippen molar-refractivity contribution in [2.45, 2.75) is 45.2 Å². The van der Waals surface area contributed by atoms with Gasteiger partial charge < -0.3 is 14.1 Å². The Hall–Kier alpha value is -3.57. The maximum Gasteiger partial charge on any atom is 0.291 e. The molecule has 2 heterocycles. The third kappa shape index (κ3) is 4.76. The molecule has 184 valence electrons. The maximum absolute atomic E-state index is 13.7. The van der Waals surface area contributed by atoms with E-state index in [4.69, 9.17) is 20.8 Å². The molecule has 3 aromatic carbocycles. The highest BCUT2D eigenvalue weighted by molar-refractivity contribution is 6.31. The van der Waals surface area contributed by atoms with Gasteiger partial charge in [0.1, 0.15) is 11.3 Å². The number of rotatable bonds is 9. The van der Waals surface area contributed by atoms with Gasteiger partial charge in [-0.15, -0.1) is 0 Å². The fourth-order valence-corrected chi connectivity index (χ4v) is 4.92. The maximum atomic E-state index is 13.7. The summed E-state index contributed by atoms with van der Waals surface area (Å²) in [6, 6.07) is 21.7. The Bertz CT molecular complexity index is 1430. The highest BCUT2D eigenvalue weighted by atomic mass is 35.5. The van der Waals surface area contributed by atoms with Gasteiger partial charge in [-0.2, -0.15) is 0 Å². The molecule has 1 unspecified atom stereocenters. The molecule has 0 saturated heterocycles. The summed E-state index contributed by atoms with van der Waals surface area (Å²) in [6.07, 6.45) is 4.56. The fourth-order valence-electron chi connectivity index (χ4n) is 4.75. The Morgan fingerprint density at radius 2 is 1.72 bits per heavy atom. The first-order valence-electron chi connectivity index (χ1n) is 12.4. The lowest BCUT2D eigenvalue weighted by Crippen LogP contribution is -2.29. The van der Waals surface area contributed by atoms with Gasteiger partial charge in [0.2, 0.25) is 5.76 Å². The summed E-state index contributed by atoms with van der Waals surface area (Å²) >= 11 is 6.17. The fraction of sp³-hybridized carbons (Fsp3) is 0.267. The van der Waals surface area contributed by atoms with Crippen LogP contribution in [0.4, 0.5) is 0 Å². The van der Waals surface area contributed by atoms with Gasteiger partial charge in [-0.05, 0) is 47.9 Å². The van der Waals surface area contributed by atoms with Gasteiger partial charge in [0.25, 0.3) is 5.91 Å². The molecule has 1 amide bonds. The topological polar surface area (TPSA) is 59.8 Å². The van der Waals surface area contributed by atoms with Crippen LogP contribution in [0.15, 0.2) is 82.0 Å². The Kier molecular flexibility index (Phi) is 7.10. The van der Waals surface area contributed by atoms with Crippen LogP contribution in [0, 0.1) is 0 Å². The van der Waals surface area contributed by atoms with E-state index in [2.05, 4.69) is 6.92 Å². The van der Waals surface area contributed by atoms with Crippen molar-refractivity contribution in [2.24, 2.45) is 0 Å². The molecule has 0 bridgehead atoms. The van der Waals surface area contributed by atoms with Crippen molar-refractivity contribution in [1.82, 2.24) is 4.90 Å². The highest BCUT2D eigenvalue weighted by Gasteiger charge is 2.42. The Balaban J connectivity index is 1.53. The molecular formula is C30H28ClNO4. The minimum Gasteiger partial charge on any atom is -0.494 e. The van der Waals surface area contributed by atoms with Gasteiger partial charge >= 0.3 is 0 Å². The number of fused-ring (bicyclic) bond motifs is 2. The molecule has 1 aromatic heterocycles. The molecule has 0 N–H and O–H groups in total. The van der Waals surface area contributed by atoms with Crippen LogP contribution in [-0.2, 0) is 6.54 Å². The van der Waals surface area contributed by atoms with Crippen molar-refractivity contribution in [3.05, 3.63) is 110 Å². The van der Waals surface area contributed by atoms with E-state index in [9.17, 15) is 9.59 Å². The zero-order chi connectivity index (χ0) is 25.1. The summed E-state index contributed by atoms with van der Waals surface area (Å²) in [6.45, 7) is 3.20. The smallest absolute Gasteiger partial charge is 0.291 e. The van der Waals surface area contributed by atoms with Crippen molar-refractivity contribution in [2.75, 3.05) is 6.61 Å². The van der Waals surface area contributed by atoms with E-state index in [1.165, 1.54) is 12.8 Å². The number of benzene rings is 3. The van der Waals surface area contributed by atoms with Gasteiger partial charge in [0.05, 0.1) is 23.6 Å². The molecule has 4 aromatic rings. The van der Waals surface area contributed by atoms with Gasteiger partial charge in [-0.3, -0.25) is 9.59 Å². The van der Waals surface area contributed by atoms with E-state index >= 15 is 0 Å². The molecule has 0 saturated carbocycles. The van der Waals surface area contributed by atoms with Gasteiger partial charge in [0, 0.05) is 11.6 Å². The SMILES string of the molecule is CCCCCCOc1ccc(C2c3c(oc4ccc(Cl)cc4c3=O)C(=O)N2Cc2ccccc2)cc1. The first-order valence-corrected chi connectivity index (χ1v) is 12.8. The number of nitrogens with zero attached hydrogens (tertiary/aromatic N) is 1. The van der Waals surface area contributed by atoms with Crippen LogP contribution in [0.3, 0.4) is 0 Å². The average molecular weight is 502 g/mol. The molecule has 1 atom stereocenters. The van der Waals surface area contributed by atoms with Gasteiger partial charge in [-0.1, -0.05) is 80.3 Å². The average Bonchev–Trinajstić information content (AvgIpc) is 3.17. The molecule has 6 heteroatoms. The third-order valence-electron chi connectivity index (χ3n) is 6.59. The van der Waals surface area contributed by atoms with E-state index in [0.29, 0.717) is 34.7 Å². The van der Waals surface area contributed by atoms with E-state index in [-0.39, 0.29) is 17.1 Å². The largest absolute Gasteiger partial charge is 0.494 e. The van der Waals surface area contributed by atoms with Crippen LogP contribution in [0.25, 0.3) is 11.0 Å². The van der Waals surface area contributed by atoms with Crippen molar-refractivity contribution in [3.8, 4) is 5.75 Å². The number of halogens is 1. The molecule has 5 rings (SSSR count). The lowest BCUT2D eigenvalue weighted by Gasteiger charge is -2.25. The third-order valence-corrected chi connectivity index (χ3v) is 6.82. The first kappa shape index (κ1) is 24.1. The minimum absolute atomic E-state index is 0.0898. The number of hydrogen-bond donors (Lipinski definition) is 0. The quantitative estimate of drug-likeness (QED) is 0.228. The second kappa shape index (κ2) is 10.6. The molecule has 5 nitrogen and oxygen atoms in total.